The van der Waals surface area contributed by atoms with Crippen molar-refractivity contribution in [1.82, 2.24) is 9.55 Å². The molecule has 142 valence electrons. The molecule has 0 aliphatic rings. The zero-order chi connectivity index (χ0) is 19.2. The number of ether oxygens (including phenoxy) is 2. The minimum absolute atomic E-state index is 0.289. The molecule has 0 unspecified atom stereocenters. The van der Waals surface area contributed by atoms with Gasteiger partial charge in [0.15, 0.2) is 5.96 Å². The fourth-order valence-electron chi connectivity index (χ4n) is 2.81. The number of nitrogens with zero attached hydrogens (tertiary/aromatic N) is 3. The summed E-state index contributed by atoms with van der Waals surface area (Å²) in [6, 6.07) is 13.6. The molecule has 0 amide bonds. The third kappa shape index (κ3) is 4.31. The Morgan fingerprint density at radius 1 is 1.15 bits per heavy atom. The maximum absolute atomic E-state index is 6.09. The van der Waals surface area contributed by atoms with Gasteiger partial charge in [0.25, 0.3) is 0 Å². The number of hydrogen-bond acceptors (Lipinski definition) is 4. The maximum Gasteiger partial charge on any atom is 0.193 e. The summed E-state index contributed by atoms with van der Waals surface area (Å²) in [5.74, 6) is 2.57. The highest BCUT2D eigenvalue weighted by Gasteiger charge is 2.09. The van der Waals surface area contributed by atoms with E-state index in [-0.39, 0.29) is 5.96 Å². The summed E-state index contributed by atoms with van der Waals surface area (Å²) < 4.78 is 13.2. The normalized spacial score (nSPS) is 11.6. The SMILES string of the molecule is CCOc1ccc(OCC)c(NC(N)=NCc2nc3ccccc3n2C)c1. The molecule has 27 heavy (non-hydrogen) atoms. The Morgan fingerprint density at radius 3 is 2.67 bits per heavy atom. The van der Waals surface area contributed by atoms with E-state index in [0.29, 0.717) is 31.2 Å². The third-order valence-corrected chi connectivity index (χ3v) is 4.10. The Hall–Kier alpha value is -3.22. The number of aryl methyl sites for hydroxylation is 1. The van der Waals surface area contributed by atoms with Crippen LogP contribution in [-0.4, -0.2) is 28.7 Å². The molecule has 2 aromatic carbocycles. The lowest BCUT2D eigenvalue weighted by Gasteiger charge is -2.14. The minimum Gasteiger partial charge on any atom is -0.494 e. The number of imidazole rings is 1. The second-order valence-electron chi connectivity index (χ2n) is 5.93. The molecule has 1 aromatic heterocycles. The van der Waals surface area contributed by atoms with E-state index in [9.17, 15) is 0 Å². The molecule has 1 heterocycles. The number of guanidine groups is 1. The molecule has 0 fully saturated rings. The van der Waals surface area contributed by atoms with Crippen molar-refractivity contribution >= 4 is 22.7 Å². The molecule has 0 spiro atoms. The summed E-state index contributed by atoms with van der Waals surface area (Å²) in [5, 5.41) is 3.10. The number of hydrogen-bond donors (Lipinski definition) is 2. The van der Waals surface area contributed by atoms with Gasteiger partial charge in [-0.15, -0.1) is 0 Å². The van der Waals surface area contributed by atoms with Crippen LogP contribution in [0.15, 0.2) is 47.5 Å². The molecule has 0 atom stereocenters. The van der Waals surface area contributed by atoms with E-state index in [0.717, 1.165) is 22.6 Å². The molecule has 0 aliphatic heterocycles. The number of anilines is 1. The summed E-state index contributed by atoms with van der Waals surface area (Å²) in [4.78, 5) is 9.03. The van der Waals surface area contributed by atoms with Gasteiger partial charge < -0.3 is 25.1 Å². The van der Waals surface area contributed by atoms with Gasteiger partial charge in [0, 0.05) is 13.1 Å². The summed E-state index contributed by atoms with van der Waals surface area (Å²) in [6.45, 7) is 5.39. The van der Waals surface area contributed by atoms with Gasteiger partial charge in [0.05, 0.1) is 29.9 Å². The molecule has 0 saturated heterocycles. The lowest BCUT2D eigenvalue weighted by Crippen LogP contribution is -2.23. The smallest absolute Gasteiger partial charge is 0.193 e. The van der Waals surface area contributed by atoms with E-state index in [1.165, 1.54) is 0 Å². The minimum atomic E-state index is 0.289. The number of fused-ring (bicyclic) bond motifs is 1. The van der Waals surface area contributed by atoms with Crippen LogP contribution in [0.4, 0.5) is 5.69 Å². The average molecular weight is 367 g/mol. The van der Waals surface area contributed by atoms with Crippen LogP contribution < -0.4 is 20.5 Å². The Morgan fingerprint density at radius 2 is 1.93 bits per heavy atom. The van der Waals surface area contributed by atoms with Crippen molar-refractivity contribution in [3.8, 4) is 11.5 Å². The highest BCUT2D eigenvalue weighted by Crippen LogP contribution is 2.29. The maximum atomic E-state index is 6.09. The Labute approximate surface area is 158 Å². The first-order valence-electron chi connectivity index (χ1n) is 8.99. The third-order valence-electron chi connectivity index (χ3n) is 4.10. The summed E-state index contributed by atoms with van der Waals surface area (Å²) in [7, 11) is 1.97. The van der Waals surface area contributed by atoms with Gasteiger partial charge in [-0.25, -0.2) is 9.98 Å². The molecular formula is C20H25N5O2. The number of benzene rings is 2. The van der Waals surface area contributed by atoms with E-state index in [2.05, 4.69) is 15.3 Å². The molecule has 3 N–H and O–H groups in total. The van der Waals surface area contributed by atoms with Crippen molar-refractivity contribution in [1.29, 1.82) is 0 Å². The molecule has 0 saturated carbocycles. The number of aromatic nitrogens is 2. The van der Waals surface area contributed by atoms with E-state index in [1.54, 1.807) is 0 Å². The van der Waals surface area contributed by atoms with Crippen molar-refractivity contribution in [2.45, 2.75) is 20.4 Å². The van der Waals surface area contributed by atoms with Crippen LogP contribution in [0.2, 0.25) is 0 Å². The standard InChI is InChI=1S/C20H25N5O2/c1-4-26-14-10-11-18(27-5-2)16(12-14)24-20(21)22-13-19-23-15-8-6-7-9-17(15)25(19)3/h6-12H,4-5,13H2,1-3H3,(H3,21,22,24). The summed E-state index contributed by atoms with van der Waals surface area (Å²) in [6.07, 6.45) is 0. The van der Waals surface area contributed by atoms with E-state index < -0.39 is 0 Å². The molecule has 0 radical (unpaired) electrons. The predicted molar refractivity (Wildman–Crippen MR) is 108 cm³/mol. The van der Waals surface area contributed by atoms with E-state index >= 15 is 0 Å². The largest absolute Gasteiger partial charge is 0.494 e. The van der Waals surface area contributed by atoms with Crippen molar-refractivity contribution < 1.29 is 9.47 Å². The molecule has 3 rings (SSSR count). The highest BCUT2D eigenvalue weighted by molar-refractivity contribution is 5.94. The lowest BCUT2D eigenvalue weighted by atomic mass is 10.2. The van der Waals surface area contributed by atoms with Gasteiger partial charge in [-0.1, -0.05) is 12.1 Å². The van der Waals surface area contributed by atoms with Gasteiger partial charge in [-0.05, 0) is 38.1 Å². The Kier molecular flexibility index (Phi) is 5.80. The van der Waals surface area contributed by atoms with Crippen LogP contribution in [0, 0.1) is 0 Å². The van der Waals surface area contributed by atoms with Gasteiger partial charge in [0.2, 0.25) is 0 Å². The van der Waals surface area contributed by atoms with Crippen molar-refractivity contribution in [2.24, 2.45) is 17.8 Å². The molecule has 7 nitrogen and oxygen atoms in total. The van der Waals surface area contributed by atoms with Crippen LogP contribution in [0.25, 0.3) is 11.0 Å². The van der Waals surface area contributed by atoms with Gasteiger partial charge in [0.1, 0.15) is 23.9 Å². The monoisotopic (exact) mass is 367 g/mol. The number of para-hydroxylation sites is 2. The van der Waals surface area contributed by atoms with Crippen LogP contribution in [0.1, 0.15) is 19.7 Å². The van der Waals surface area contributed by atoms with Crippen molar-refractivity contribution in [2.75, 3.05) is 18.5 Å². The zero-order valence-corrected chi connectivity index (χ0v) is 15.9. The number of nitrogens with one attached hydrogen (secondary N) is 1. The first kappa shape index (κ1) is 18.6. The summed E-state index contributed by atoms with van der Waals surface area (Å²) >= 11 is 0. The molecule has 0 aliphatic carbocycles. The van der Waals surface area contributed by atoms with Crippen LogP contribution in [-0.2, 0) is 13.6 Å². The van der Waals surface area contributed by atoms with Crippen LogP contribution in [0.5, 0.6) is 11.5 Å². The van der Waals surface area contributed by atoms with Gasteiger partial charge in [-0.2, -0.15) is 0 Å². The molecule has 7 heteroatoms. The van der Waals surface area contributed by atoms with Crippen molar-refractivity contribution in [3.63, 3.8) is 0 Å². The second-order valence-corrected chi connectivity index (χ2v) is 5.93. The Bertz CT molecular complexity index is 949. The zero-order valence-electron chi connectivity index (χ0n) is 15.9. The van der Waals surface area contributed by atoms with E-state index in [1.807, 2.05) is 67.9 Å². The topological polar surface area (TPSA) is 86.7 Å². The predicted octanol–water partition coefficient (Wildman–Crippen LogP) is 3.30. The fourth-order valence-corrected chi connectivity index (χ4v) is 2.81. The first-order chi connectivity index (χ1) is 13.1. The van der Waals surface area contributed by atoms with Crippen LogP contribution >= 0.6 is 0 Å². The highest BCUT2D eigenvalue weighted by atomic mass is 16.5. The molecule has 3 aromatic rings. The van der Waals surface area contributed by atoms with Gasteiger partial charge in [-0.3, -0.25) is 0 Å². The molecule has 0 bridgehead atoms. The van der Waals surface area contributed by atoms with Gasteiger partial charge >= 0.3 is 0 Å². The fraction of sp³-hybridized carbons (Fsp3) is 0.300. The first-order valence-corrected chi connectivity index (χ1v) is 8.99. The molecular weight excluding hydrogens is 342 g/mol. The average Bonchev–Trinajstić information content (AvgIpc) is 2.99. The number of rotatable bonds is 7. The number of aliphatic imine (C=N–C) groups is 1. The van der Waals surface area contributed by atoms with Crippen LogP contribution in [0.3, 0.4) is 0 Å². The summed E-state index contributed by atoms with van der Waals surface area (Å²) in [5.41, 5.74) is 8.82. The number of nitrogens with two attached hydrogens (primary N) is 1. The van der Waals surface area contributed by atoms with E-state index in [4.69, 9.17) is 15.2 Å². The lowest BCUT2D eigenvalue weighted by molar-refractivity contribution is 0.332. The second kappa shape index (κ2) is 8.44. The van der Waals surface area contributed by atoms with Crippen molar-refractivity contribution in [3.05, 3.63) is 48.3 Å². The quantitative estimate of drug-likeness (QED) is 0.494. The Balaban J connectivity index is 1.78.